The predicted octanol–water partition coefficient (Wildman–Crippen LogP) is 6.13. The van der Waals surface area contributed by atoms with E-state index >= 15 is 0 Å². The van der Waals surface area contributed by atoms with Crippen molar-refractivity contribution in [2.75, 3.05) is 0 Å². The lowest BCUT2D eigenvalue weighted by atomic mass is 10.1. The highest BCUT2D eigenvalue weighted by molar-refractivity contribution is 6.31. The molecule has 0 bridgehead atoms. The van der Waals surface area contributed by atoms with Crippen LogP contribution in [0.3, 0.4) is 0 Å². The first-order valence-electron chi connectivity index (χ1n) is 10.4. The van der Waals surface area contributed by atoms with Crippen molar-refractivity contribution in [1.82, 2.24) is 9.88 Å². The molecule has 0 aliphatic carbocycles. The summed E-state index contributed by atoms with van der Waals surface area (Å²) in [6.45, 7) is 2.49. The second-order valence-corrected chi connectivity index (χ2v) is 8.00. The van der Waals surface area contributed by atoms with Gasteiger partial charge in [0.25, 0.3) is 5.91 Å². The van der Waals surface area contributed by atoms with Gasteiger partial charge in [0, 0.05) is 34.2 Å². The summed E-state index contributed by atoms with van der Waals surface area (Å²) in [5.74, 6) is -0.396. The minimum Gasteiger partial charge on any atom is -0.345 e. The van der Waals surface area contributed by atoms with Gasteiger partial charge in [0.1, 0.15) is 11.6 Å². The third kappa shape index (κ3) is 4.59. The van der Waals surface area contributed by atoms with Gasteiger partial charge in [0.2, 0.25) is 0 Å². The van der Waals surface area contributed by atoms with Gasteiger partial charge in [-0.3, -0.25) is 4.79 Å². The van der Waals surface area contributed by atoms with Crippen molar-refractivity contribution in [1.29, 1.82) is 5.26 Å². The molecule has 0 radical (unpaired) electrons. The summed E-state index contributed by atoms with van der Waals surface area (Å²) in [5, 5.41) is 14.3. The van der Waals surface area contributed by atoms with Gasteiger partial charge in [-0.1, -0.05) is 78.3 Å². The van der Waals surface area contributed by atoms with Gasteiger partial charge in [-0.15, -0.1) is 0 Å². The molecule has 0 unspecified atom stereocenters. The molecule has 0 fully saturated rings. The number of para-hydroxylation sites is 1. The van der Waals surface area contributed by atoms with E-state index in [0.29, 0.717) is 11.6 Å². The number of fused-ring (bicyclic) bond motifs is 1. The van der Waals surface area contributed by atoms with Crippen LogP contribution in [0.1, 0.15) is 29.7 Å². The van der Waals surface area contributed by atoms with Crippen LogP contribution in [0.15, 0.2) is 90.6 Å². The lowest BCUT2D eigenvalue weighted by molar-refractivity contribution is -0.117. The Bertz CT molecular complexity index is 1330. The van der Waals surface area contributed by atoms with E-state index in [2.05, 4.69) is 16.0 Å². The van der Waals surface area contributed by atoms with Crippen molar-refractivity contribution in [3.05, 3.63) is 112 Å². The van der Waals surface area contributed by atoms with Gasteiger partial charge in [0.15, 0.2) is 0 Å². The van der Waals surface area contributed by atoms with E-state index in [4.69, 9.17) is 11.6 Å². The van der Waals surface area contributed by atoms with Crippen molar-refractivity contribution in [3.63, 3.8) is 0 Å². The molecule has 1 amide bonds. The molecule has 158 valence electrons. The maximum Gasteiger partial charge on any atom is 0.262 e. The average Bonchev–Trinajstić information content (AvgIpc) is 3.16. The van der Waals surface area contributed by atoms with Crippen LogP contribution in [0.4, 0.5) is 0 Å². The molecule has 1 N–H and O–H groups in total. The lowest BCUT2D eigenvalue weighted by Crippen LogP contribution is -2.27. The number of nitrogens with zero attached hydrogens (tertiary/aromatic N) is 2. The van der Waals surface area contributed by atoms with Gasteiger partial charge in [0.05, 0.1) is 6.04 Å². The normalized spacial score (nSPS) is 12.3. The number of nitrogens with one attached hydrogen (secondary N) is 1. The number of benzene rings is 3. The van der Waals surface area contributed by atoms with Crippen LogP contribution in [0.25, 0.3) is 17.0 Å². The third-order valence-corrected chi connectivity index (χ3v) is 5.80. The summed E-state index contributed by atoms with van der Waals surface area (Å²) in [7, 11) is 0. The molecule has 4 aromatic rings. The number of carbonyl (C=O) groups is 1. The number of rotatable bonds is 6. The fourth-order valence-corrected chi connectivity index (χ4v) is 3.93. The van der Waals surface area contributed by atoms with Crippen LogP contribution in [0.2, 0.25) is 5.02 Å². The number of hydrogen-bond donors (Lipinski definition) is 1. The molecule has 32 heavy (non-hydrogen) atoms. The van der Waals surface area contributed by atoms with E-state index < -0.39 is 5.91 Å². The summed E-state index contributed by atoms with van der Waals surface area (Å²) >= 11 is 6.36. The molecule has 4 nitrogen and oxygen atoms in total. The van der Waals surface area contributed by atoms with Gasteiger partial charge in [-0.25, -0.2) is 0 Å². The zero-order chi connectivity index (χ0) is 22.5. The SMILES string of the molecule is C[C@H](NC(=O)/C(C#N)=C\c1cn(Cc2ccccc2Cl)c2ccccc12)c1ccccc1. The van der Waals surface area contributed by atoms with E-state index in [-0.39, 0.29) is 11.6 Å². The molecule has 1 heterocycles. The van der Waals surface area contributed by atoms with E-state index in [0.717, 1.165) is 27.6 Å². The van der Waals surface area contributed by atoms with Crippen LogP contribution < -0.4 is 5.32 Å². The maximum absolute atomic E-state index is 12.8. The minimum atomic E-state index is -0.396. The molecule has 0 aliphatic rings. The standard InChI is InChI=1S/C27H22ClN3O/c1-19(20-9-3-2-4-10-20)30-27(32)22(16-29)15-23-18-31(26-14-8-6-12-24(23)26)17-21-11-5-7-13-25(21)28/h2-15,18-19H,17H2,1H3,(H,30,32)/b22-15-/t19-/m0/s1. The van der Waals surface area contributed by atoms with Gasteiger partial charge in [-0.2, -0.15) is 5.26 Å². The molecule has 0 spiro atoms. The number of nitriles is 1. The van der Waals surface area contributed by atoms with E-state index in [1.807, 2.05) is 92.0 Å². The van der Waals surface area contributed by atoms with E-state index in [9.17, 15) is 10.1 Å². The highest BCUT2D eigenvalue weighted by Gasteiger charge is 2.15. The quantitative estimate of drug-likeness (QED) is 0.290. The Hall–Kier alpha value is -3.81. The molecule has 0 saturated carbocycles. The zero-order valence-electron chi connectivity index (χ0n) is 17.6. The Balaban J connectivity index is 1.65. The highest BCUT2D eigenvalue weighted by Crippen LogP contribution is 2.26. The summed E-state index contributed by atoms with van der Waals surface area (Å²) in [6.07, 6.45) is 3.61. The molecule has 1 atom stereocenters. The van der Waals surface area contributed by atoms with Gasteiger partial charge >= 0.3 is 0 Å². The predicted molar refractivity (Wildman–Crippen MR) is 129 cm³/mol. The second-order valence-electron chi connectivity index (χ2n) is 7.60. The number of hydrogen-bond acceptors (Lipinski definition) is 2. The smallest absolute Gasteiger partial charge is 0.262 e. The Morgan fingerprint density at radius 3 is 2.50 bits per heavy atom. The van der Waals surface area contributed by atoms with Crippen molar-refractivity contribution < 1.29 is 4.79 Å². The van der Waals surface area contributed by atoms with Crippen LogP contribution in [0, 0.1) is 11.3 Å². The van der Waals surface area contributed by atoms with Crippen molar-refractivity contribution >= 4 is 34.5 Å². The van der Waals surface area contributed by atoms with Crippen molar-refractivity contribution in [2.45, 2.75) is 19.5 Å². The second kappa shape index (κ2) is 9.55. The fraction of sp³-hybridized carbons (Fsp3) is 0.111. The third-order valence-electron chi connectivity index (χ3n) is 5.43. The van der Waals surface area contributed by atoms with Crippen LogP contribution in [-0.2, 0) is 11.3 Å². The Kier molecular flexibility index (Phi) is 6.39. The molecule has 4 rings (SSSR count). The zero-order valence-corrected chi connectivity index (χ0v) is 18.4. The molecule has 0 aliphatic heterocycles. The topological polar surface area (TPSA) is 57.8 Å². The fourth-order valence-electron chi connectivity index (χ4n) is 3.73. The maximum atomic E-state index is 12.8. The Morgan fingerprint density at radius 2 is 1.75 bits per heavy atom. The van der Waals surface area contributed by atoms with E-state index in [1.54, 1.807) is 6.08 Å². The van der Waals surface area contributed by atoms with Crippen LogP contribution >= 0.6 is 11.6 Å². The summed E-state index contributed by atoms with van der Waals surface area (Å²) in [4.78, 5) is 12.8. The Morgan fingerprint density at radius 1 is 1.06 bits per heavy atom. The minimum absolute atomic E-state index is 0.0634. The molecular formula is C27H22ClN3O. The summed E-state index contributed by atoms with van der Waals surface area (Å²) < 4.78 is 2.09. The first-order valence-corrected chi connectivity index (χ1v) is 10.7. The summed E-state index contributed by atoms with van der Waals surface area (Å²) in [6, 6.07) is 27.2. The number of amides is 1. The summed E-state index contributed by atoms with van der Waals surface area (Å²) in [5.41, 5.74) is 3.86. The lowest BCUT2D eigenvalue weighted by Gasteiger charge is -2.13. The van der Waals surface area contributed by atoms with Crippen molar-refractivity contribution in [3.8, 4) is 6.07 Å². The highest BCUT2D eigenvalue weighted by atomic mass is 35.5. The molecule has 5 heteroatoms. The van der Waals surface area contributed by atoms with Crippen LogP contribution in [0.5, 0.6) is 0 Å². The molecule has 3 aromatic carbocycles. The first kappa shape index (κ1) is 21.4. The molecule has 0 saturated heterocycles. The van der Waals surface area contributed by atoms with Crippen molar-refractivity contribution in [2.24, 2.45) is 0 Å². The molecular weight excluding hydrogens is 418 g/mol. The molecule has 1 aromatic heterocycles. The van der Waals surface area contributed by atoms with Gasteiger partial charge < -0.3 is 9.88 Å². The average molecular weight is 440 g/mol. The number of aromatic nitrogens is 1. The number of carbonyl (C=O) groups excluding carboxylic acids is 1. The monoisotopic (exact) mass is 439 g/mol. The van der Waals surface area contributed by atoms with Gasteiger partial charge in [-0.05, 0) is 36.3 Å². The number of halogens is 1. The van der Waals surface area contributed by atoms with Crippen LogP contribution in [-0.4, -0.2) is 10.5 Å². The largest absolute Gasteiger partial charge is 0.345 e. The Labute approximate surface area is 192 Å². The van der Waals surface area contributed by atoms with E-state index in [1.165, 1.54) is 0 Å². The first-order chi connectivity index (χ1) is 15.6.